The van der Waals surface area contributed by atoms with Gasteiger partial charge in [0.25, 0.3) is 0 Å². The molecule has 2 fully saturated rings. The summed E-state index contributed by atoms with van der Waals surface area (Å²) in [7, 11) is 0. The van der Waals surface area contributed by atoms with Crippen LogP contribution >= 0.6 is 11.8 Å². The number of aromatic nitrogens is 1. The highest BCUT2D eigenvalue weighted by molar-refractivity contribution is 8.15. The van der Waals surface area contributed by atoms with Gasteiger partial charge in [-0.15, -0.1) is 0 Å². The quantitative estimate of drug-likeness (QED) is 0.567. The molecule has 1 aromatic heterocycles. The van der Waals surface area contributed by atoms with Crippen LogP contribution in [0.1, 0.15) is 38.3 Å². The first kappa shape index (κ1) is 20.4. The monoisotopic (exact) mass is 428 g/mol. The second-order valence-electron chi connectivity index (χ2n) is 8.83. The molecule has 0 aliphatic carbocycles. The van der Waals surface area contributed by atoms with Crippen molar-refractivity contribution in [3.8, 4) is 0 Å². The van der Waals surface area contributed by atoms with Gasteiger partial charge in [0.05, 0.1) is 29.0 Å². The largest absolute Gasteiger partial charge is 0.389 e. The lowest BCUT2D eigenvalue weighted by Crippen LogP contribution is -2.44. The molecule has 0 spiro atoms. The first-order valence-electron chi connectivity index (χ1n) is 11.3. The van der Waals surface area contributed by atoms with Gasteiger partial charge in [0, 0.05) is 36.4 Å². The van der Waals surface area contributed by atoms with Crippen LogP contribution in [0.5, 0.6) is 0 Å². The molecule has 0 amide bonds. The van der Waals surface area contributed by atoms with Crippen molar-refractivity contribution >= 4 is 33.4 Å². The van der Waals surface area contributed by atoms with Gasteiger partial charge in [-0.2, -0.15) is 0 Å². The van der Waals surface area contributed by atoms with Crippen LogP contribution in [0.4, 0.5) is 5.69 Å². The molecule has 4 atom stereocenters. The number of nitrogens with one attached hydrogen (secondary N) is 3. The van der Waals surface area contributed by atoms with Crippen LogP contribution in [-0.2, 0) is 4.74 Å². The van der Waals surface area contributed by atoms with Crippen LogP contribution < -0.4 is 10.6 Å². The molecule has 5 rings (SSSR count). The summed E-state index contributed by atoms with van der Waals surface area (Å²) >= 11 is 1.77. The van der Waals surface area contributed by atoms with E-state index in [-0.39, 0.29) is 17.3 Å². The second kappa shape index (κ2) is 8.91. The Morgan fingerprint density at radius 2 is 2.17 bits per heavy atom. The fourth-order valence-electron chi connectivity index (χ4n) is 4.87. The number of ether oxygens (including phenoxy) is 1. The number of hydrogen-bond acceptors (Lipinski definition) is 6. The average molecular weight is 429 g/mol. The second-order valence-corrected chi connectivity index (χ2v) is 10.2. The number of aliphatic hydroxyl groups is 1. The SMILES string of the molecule is CC1SC(c2cc3cccc(NCC4CCOCC4)c3[nH]2)=N[C@H]1C(O)C1CCCN1. The van der Waals surface area contributed by atoms with Crippen molar-refractivity contribution in [1.82, 2.24) is 10.3 Å². The molecule has 0 radical (unpaired) electrons. The summed E-state index contributed by atoms with van der Waals surface area (Å²) in [6.45, 7) is 5.90. The number of aliphatic hydroxyl groups excluding tert-OH is 1. The number of aliphatic imine (C=N–C) groups is 1. The van der Waals surface area contributed by atoms with Crippen molar-refractivity contribution in [2.24, 2.45) is 10.9 Å². The van der Waals surface area contributed by atoms with Gasteiger partial charge in [0.15, 0.2) is 0 Å². The predicted molar refractivity (Wildman–Crippen MR) is 125 cm³/mol. The number of rotatable bonds is 6. The third-order valence-electron chi connectivity index (χ3n) is 6.71. The van der Waals surface area contributed by atoms with Crippen molar-refractivity contribution in [2.45, 2.75) is 56.0 Å². The minimum atomic E-state index is -0.423. The van der Waals surface area contributed by atoms with E-state index >= 15 is 0 Å². The molecule has 2 saturated heterocycles. The number of aromatic amines is 1. The van der Waals surface area contributed by atoms with Crippen LogP contribution in [0.3, 0.4) is 0 Å². The molecule has 4 heterocycles. The number of para-hydroxylation sites is 1. The number of fused-ring (bicyclic) bond motifs is 1. The summed E-state index contributed by atoms with van der Waals surface area (Å²) < 4.78 is 5.48. The molecule has 3 aliphatic rings. The average Bonchev–Trinajstić information content (AvgIpc) is 3.51. The molecule has 3 unspecified atom stereocenters. The number of benzene rings is 1. The molecule has 162 valence electrons. The van der Waals surface area contributed by atoms with Gasteiger partial charge < -0.3 is 25.5 Å². The van der Waals surface area contributed by atoms with Gasteiger partial charge in [-0.05, 0) is 50.3 Å². The van der Waals surface area contributed by atoms with Gasteiger partial charge in [-0.3, -0.25) is 4.99 Å². The van der Waals surface area contributed by atoms with E-state index in [1.54, 1.807) is 11.8 Å². The van der Waals surface area contributed by atoms with E-state index in [9.17, 15) is 5.11 Å². The molecule has 0 bridgehead atoms. The van der Waals surface area contributed by atoms with Crippen molar-refractivity contribution in [3.63, 3.8) is 0 Å². The first-order valence-corrected chi connectivity index (χ1v) is 12.2. The topological polar surface area (TPSA) is 81.7 Å². The molecule has 30 heavy (non-hydrogen) atoms. The van der Waals surface area contributed by atoms with Crippen LogP contribution in [0.25, 0.3) is 10.9 Å². The number of H-pyrrole nitrogens is 1. The molecular weight excluding hydrogens is 396 g/mol. The number of hydrogen-bond donors (Lipinski definition) is 4. The van der Waals surface area contributed by atoms with Gasteiger partial charge in [0.1, 0.15) is 5.04 Å². The lowest BCUT2D eigenvalue weighted by molar-refractivity contribution is 0.0699. The molecule has 7 heteroatoms. The Hall–Kier alpha value is -1.54. The lowest BCUT2D eigenvalue weighted by atomic mass is 10.00. The Balaban J connectivity index is 1.34. The van der Waals surface area contributed by atoms with Crippen LogP contribution in [0.2, 0.25) is 0 Å². The molecular formula is C23H32N4O2S. The molecule has 3 aliphatic heterocycles. The Morgan fingerprint density at radius 3 is 2.97 bits per heavy atom. The normalized spacial score (nSPS) is 28.7. The maximum Gasteiger partial charge on any atom is 0.115 e. The summed E-state index contributed by atoms with van der Waals surface area (Å²) in [5.41, 5.74) is 3.34. The molecule has 0 saturated carbocycles. The zero-order chi connectivity index (χ0) is 20.5. The summed E-state index contributed by atoms with van der Waals surface area (Å²) in [6.07, 6.45) is 4.01. The Morgan fingerprint density at radius 1 is 1.30 bits per heavy atom. The predicted octanol–water partition coefficient (Wildman–Crippen LogP) is 3.37. The maximum absolute atomic E-state index is 10.8. The highest BCUT2D eigenvalue weighted by atomic mass is 32.2. The van der Waals surface area contributed by atoms with E-state index < -0.39 is 6.10 Å². The lowest BCUT2D eigenvalue weighted by Gasteiger charge is -2.24. The standard InChI is InChI=1S/C23H32N4O2S/c1-14-20(22(28)18-6-3-9-24-18)27-23(30-14)19-12-16-4-2-5-17(21(16)26-19)25-13-15-7-10-29-11-8-15/h2,4-5,12,14-15,18,20,22,24-26,28H,3,6-11,13H2,1H3/t14?,18?,20-,22?/m1/s1. The molecule has 4 N–H and O–H groups in total. The fourth-order valence-corrected chi connectivity index (χ4v) is 6.00. The number of nitrogens with zero attached hydrogens (tertiary/aromatic N) is 1. The van der Waals surface area contributed by atoms with Crippen LogP contribution in [0, 0.1) is 5.92 Å². The molecule has 2 aromatic rings. The fraction of sp³-hybridized carbons (Fsp3) is 0.609. The third-order valence-corrected chi connectivity index (χ3v) is 7.91. The summed E-state index contributed by atoms with van der Waals surface area (Å²) in [5, 5.41) is 20.4. The highest BCUT2D eigenvalue weighted by Gasteiger charge is 2.38. The summed E-state index contributed by atoms with van der Waals surface area (Å²) in [5.74, 6) is 0.672. The highest BCUT2D eigenvalue weighted by Crippen LogP contribution is 2.35. The van der Waals surface area contributed by atoms with Crippen LogP contribution in [-0.4, -0.2) is 64.9 Å². The van der Waals surface area contributed by atoms with E-state index in [2.05, 4.69) is 46.8 Å². The van der Waals surface area contributed by atoms with Crippen molar-refractivity contribution in [1.29, 1.82) is 0 Å². The minimum absolute atomic E-state index is 0.0573. The Bertz CT molecular complexity index is 902. The minimum Gasteiger partial charge on any atom is -0.389 e. The van der Waals surface area contributed by atoms with Crippen molar-refractivity contribution in [3.05, 3.63) is 30.0 Å². The third kappa shape index (κ3) is 4.13. The van der Waals surface area contributed by atoms with E-state index in [4.69, 9.17) is 9.73 Å². The Kier molecular flexibility index (Phi) is 6.05. The van der Waals surface area contributed by atoms with Gasteiger partial charge in [-0.25, -0.2) is 0 Å². The van der Waals surface area contributed by atoms with E-state index in [1.807, 2.05) is 0 Å². The van der Waals surface area contributed by atoms with Gasteiger partial charge >= 0.3 is 0 Å². The molecule has 1 aromatic carbocycles. The zero-order valence-electron chi connectivity index (χ0n) is 17.6. The van der Waals surface area contributed by atoms with E-state index in [1.165, 1.54) is 5.39 Å². The van der Waals surface area contributed by atoms with Crippen LogP contribution in [0.15, 0.2) is 29.3 Å². The number of thioether (sulfide) groups is 1. The molecule has 6 nitrogen and oxygen atoms in total. The van der Waals surface area contributed by atoms with E-state index in [0.717, 1.165) is 73.9 Å². The first-order chi connectivity index (χ1) is 14.7. The maximum atomic E-state index is 10.8. The van der Waals surface area contributed by atoms with Crippen molar-refractivity contribution < 1.29 is 9.84 Å². The summed E-state index contributed by atoms with van der Waals surface area (Å²) in [6, 6.07) is 8.70. The van der Waals surface area contributed by atoms with Gasteiger partial charge in [-0.1, -0.05) is 30.8 Å². The van der Waals surface area contributed by atoms with Gasteiger partial charge in [0.2, 0.25) is 0 Å². The summed E-state index contributed by atoms with van der Waals surface area (Å²) in [4.78, 5) is 8.56. The Labute approximate surface area is 182 Å². The smallest absolute Gasteiger partial charge is 0.115 e. The van der Waals surface area contributed by atoms with Crippen molar-refractivity contribution in [2.75, 3.05) is 31.6 Å². The number of anilines is 1. The van der Waals surface area contributed by atoms with E-state index in [0.29, 0.717) is 5.92 Å². The zero-order valence-corrected chi connectivity index (χ0v) is 18.4.